The third-order valence-electron chi connectivity index (χ3n) is 4.08. The summed E-state index contributed by atoms with van der Waals surface area (Å²) in [5.41, 5.74) is 1.95. The number of ether oxygens (including phenoxy) is 2. The Morgan fingerprint density at radius 3 is 2.56 bits per heavy atom. The molecule has 2 aromatic rings. The lowest BCUT2D eigenvalue weighted by atomic mass is 10.1. The van der Waals surface area contributed by atoms with Crippen molar-refractivity contribution in [3.63, 3.8) is 0 Å². The molecule has 1 unspecified atom stereocenters. The predicted octanol–water partition coefficient (Wildman–Crippen LogP) is 2.87. The number of rotatable bonds is 4. The summed E-state index contributed by atoms with van der Waals surface area (Å²) in [6, 6.07) is 11.1. The zero-order valence-corrected chi connectivity index (χ0v) is 14.4. The number of aryl methyl sites for hydroxylation is 1. The summed E-state index contributed by atoms with van der Waals surface area (Å²) in [4.78, 5) is 14.2. The number of carbonyl (C=O) groups excluding carboxylic acids is 1. The molecule has 0 radical (unpaired) electrons. The molecule has 0 bridgehead atoms. The highest BCUT2D eigenvalue weighted by atomic mass is 16.5. The number of likely N-dealkylation sites (tertiary alicyclic amines) is 1. The zero-order valence-electron chi connectivity index (χ0n) is 14.4. The summed E-state index contributed by atoms with van der Waals surface area (Å²) in [6.45, 7) is 3.25. The second-order valence-electron chi connectivity index (χ2n) is 6.04. The van der Waals surface area contributed by atoms with Crippen molar-refractivity contribution < 1.29 is 14.3 Å². The molecule has 0 saturated carbocycles. The van der Waals surface area contributed by atoms with Crippen molar-refractivity contribution in [1.29, 1.82) is 0 Å². The molecule has 1 atom stereocenters. The Hall–Kier alpha value is -2.83. The number of anilines is 1. The van der Waals surface area contributed by atoms with Crippen LogP contribution < -0.4 is 14.8 Å². The predicted molar refractivity (Wildman–Crippen MR) is 94.0 cm³/mol. The molecular weight excluding hydrogens is 320 g/mol. The molecule has 2 amide bonds. The molecule has 1 fully saturated rings. The molecule has 25 heavy (non-hydrogen) atoms. The van der Waals surface area contributed by atoms with Crippen LogP contribution in [0.3, 0.4) is 0 Å². The monoisotopic (exact) mass is 342 g/mol. The van der Waals surface area contributed by atoms with Gasteiger partial charge in [0.15, 0.2) is 0 Å². The number of amides is 2. The molecule has 0 aliphatic carbocycles. The smallest absolute Gasteiger partial charge is 0.321 e. The van der Waals surface area contributed by atoms with E-state index in [1.54, 1.807) is 17.0 Å². The highest BCUT2D eigenvalue weighted by molar-refractivity contribution is 5.89. The Morgan fingerprint density at radius 1 is 1.16 bits per heavy atom. The molecule has 1 aromatic heterocycles. The lowest BCUT2D eigenvalue weighted by Crippen LogP contribution is -2.46. The summed E-state index contributed by atoms with van der Waals surface area (Å²) < 4.78 is 10.8. The maximum absolute atomic E-state index is 12.4. The van der Waals surface area contributed by atoms with E-state index in [1.165, 1.54) is 7.11 Å². The standard InChI is InChI=1S/C18H22N4O3/c1-13-5-7-14(8-6-13)19-18(23)22-11-3-4-15(12-22)25-17-10-9-16(24-2)20-21-17/h5-10,15H,3-4,11-12H2,1-2H3,(H,19,23). The van der Waals surface area contributed by atoms with Crippen molar-refractivity contribution in [3.05, 3.63) is 42.0 Å². The van der Waals surface area contributed by atoms with Gasteiger partial charge in [0.1, 0.15) is 6.10 Å². The van der Waals surface area contributed by atoms with E-state index in [0.717, 1.165) is 24.1 Å². The number of nitrogens with one attached hydrogen (secondary N) is 1. The molecule has 1 aliphatic heterocycles. The van der Waals surface area contributed by atoms with Crippen LogP contribution in [-0.4, -0.2) is 47.4 Å². The van der Waals surface area contributed by atoms with E-state index in [0.29, 0.717) is 24.8 Å². The van der Waals surface area contributed by atoms with Gasteiger partial charge in [0, 0.05) is 24.4 Å². The molecule has 7 heteroatoms. The summed E-state index contributed by atoms with van der Waals surface area (Å²) in [5, 5.41) is 10.8. The fourth-order valence-electron chi connectivity index (χ4n) is 2.71. The number of carbonyl (C=O) groups is 1. The SMILES string of the molecule is COc1ccc(OC2CCCN(C(=O)Nc3ccc(C)cc3)C2)nn1. The van der Waals surface area contributed by atoms with Gasteiger partial charge in [-0.1, -0.05) is 17.7 Å². The van der Waals surface area contributed by atoms with Crippen LogP contribution in [0, 0.1) is 6.92 Å². The van der Waals surface area contributed by atoms with E-state index in [4.69, 9.17) is 9.47 Å². The molecular formula is C18H22N4O3. The number of piperidine rings is 1. The minimum absolute atomic E-state index is 0.0970. The van der Waals surface area contributed by atoms with E-state index >= 15 is 0 Å². The largest absolute Gasteiger partial charge is 0.480 e. The van der Waals surface area contributed by atoms with Gasteiger partial charge in [0.2, 0.25) is 11.8 Å². The van der Waals surface area contributed by atoms with Crippen molar-refractivity contribution in [1.82, 2.24) is 15.1 Å². The van der Waals surface area contributed by atoms with Gasteiger partial charge >= 0.3 is 6.03 Å². The van der Waals surface area contributed by atoms with Crippen LogP contribution in [-0.2, 0) is 0 Å². The molecule has 1 aromatic carbocycles. The Labute approximate surface area is 147 Å². The average Bonchev–Trinajstić information content (AvgIpc) is 2.64. The highest BCUT2D eigenvalue weighted by Crippen LogP contribution is 2.18. The van der Waals surface area contributed by atoms with Crippen LogP contribution in [0.25, 0.3) is 0 Å². The molecule has 0 spiro atoms. The van der Waals surface area contributed by atoms with E-state index in [-0.39, 0.29) is 12.1 Å². The van der Waals surface area contributed by atoms with Gasteiger partial charge in [-0.05, 0) is 31.9 Å². The van der Waals surface area contributed by atoms with Crippen molar-refractivity contribution in [2.24, 2.45) is 0 Å². The first-order chi connectivity index (χ1) is 12.1. The Bertz CT molecular complexity index is 703. The molecule has 132 valence electrons. The molecule has 7 nitrogen and oxygen atoms in total. The topological polar surface area (TPSA) is 76.6 Å². The molecule has 1 N–H and O–H groups in total. The van der Waals surface area contributed by atoms with E-state index < -0.39 is 0 Å². The first-order valence-electron chi connectivity index (χ1n) is 8.31. The number of hydrogen-bond acceptors (Lipinski definition) is 5. The number of nitrogens with zero attached hydrogens (tertiary/aromatic N) is 3. The number of hydrogen-bond donors (Lipinski definition) is 1. The lowest BCUT2D eigenvalue weighted by molar-refractivity contribution is 0.101. The number of aromatic nitrogens is 2. The van der Waals surface area contributed by atoms with Crippen LogP contribution in [0.1, 0.15) is 18.4 Å². The van der Waals surface area contributed by atoms with Crippen molar-refractivity contribution in [2.45, 2.75) is 25.9 Å². The van der Waals surface area contributed by atoms with Crippen molar-refractivity contribution >= 4 is 11.7 Å². The minimum Gasteiger partial charge on any atom is -0.480 e. The van der Waals surface area contributed by atoms with Crippen LogP contribution in [0.15, 0.2) is 36.4 Å². The Morgan fingerprint density at radius 2 is 1.88 bits per heavy atom. The lowest BCUT2D eigenvalue weighted by Gasteiger charge is -2.32. The number of urea groups is 1. The minimum atomic E-state index is -0.113. The van der Waals surface area contributed by atoms with Gasteiger partial charge in [-0.25, -0.2) is 4.79 Å². The Kier molecular flexibility index (Phi) is 5.33. The maximum atomic E-state index is 12.4. The molecule has 3 rings (SSSR count). The van der Waals surface area contributed by atoms with Gasteiger partial charge in [0.25, 0.3) is 0 Å². The first kappa shape index (κ1) is 17.0. The van der Waals surface area contributed by atoms with Crippen LogP contribution in [0.5, 0.6) is 11.8 Å². The summed E-state index contributed by atoms with van der Waals surface area (Å²) in [6.07, 6.45) is 1.66. The van der Waals surface area contributed by atoms with E-state index in [9.17, 15) is 4.79 Å². The third-order valence-corrected chi connectivity index (χ3v) is 4.08. The first-order valence-corrected chi connectivity index (χ1v) is 8.31. The number of benzene rings is 1. The Balaban J connectivity index is 1.56. The highest BCUT2D eigenvalue weighted by Gasteiger charge is 2.25. The molecule has 2 heterocycles. The van der Waals surface area contributed by atoms with Crippen LogP contribution in [0.4, 0.5) is 10.5 Å². The van der Waals surface area contributed by atoms with Crippen LogP contribution in [0.2, 0.25) is 0 Å². The molecule has 1 aliphatic rings. The van der Waals surface area contributed by atoms with Crippen molar-refractivity contribution in [2.75, 3.05) is 25.5 Å². The summed E-state index contributed by atoms with van der Waals surface area (Å²) >= 11 is 0. The normalized spacial score (nSPS) is 17.0. The quantitative estimate of drug-likeness (QED) is 0.924. The second-order valence-corrected chi connectivity index (χ2v) is 6.04. The fourth-order valence-corrected chi connectivity index (χ4v) is 2.71. The second kappa shape index (κ2) is 7.83. The summed E-state index contributed by atoms with van der Waals surface area (Å²) in [7, 11) is 1.54. The van der Waals surface area contributed by atoms with Crippen molar-refractivity contribution in [3.8, 4) is 11.8 Å². The van der Waals surface area contributed by atoms with E-state index in [1.807, 2.05) is 31.2 Å². The van der Waals surface area contributed by atoms with E-state index in [2.05, 4.69) is 15.5 Å². The van der Waals surface area contributed by atoms with Gasteiger partial charge in [0.05, 0.1) is 13.7 Å². The average molecular weight is 342 g/mol. The van der Waals surface area contributed by atoms with Crippen LogP contribution >= 0.6 is 0 Å². The maximum Gasteiger partial charge on any atom is 0.321 e. The number of methoxy groups -OCH3 is 1. The van der Waals surface area contributed by atoms with Gasteiger partial charge in [-0.3, -0.25) is 0 Å². The third kappa shape index (κ3) is 4.59. The fraction of sp³-hybridized carbons (Fsp3) is 0.389. The zero-order chi connectivity index (χ0) is 17.6. The van der Waals surface area contributed by atoms with Gasteiger partial charge in [-0.2, -0.15) is 0 Å². The summed E-state index contributed by atoms with van der Waals surface area (Å²) in [5.74, 6) is 0.877. The van der Waals surface area contributed by atoms with Gasteiger partial charge < -0.3 is 19.7 Å². The molecule has 1 saturated heterocycles. The van der Waals surface area contributed by atoms with Gasteiger partial charge in [-0.15, -0.1) is 10.2 Å².